The number of carboxylic acid groups (broad SMARTS) is 1. The first-order valence-electron chi connectivity index (χ1n) is 6.37. The Bertz CT molecular complexity index is 245. The van der Waals surface area contributed by atoms with Crippen LogP contribution in [0.2, 0.25) is 0 Å². The van der Waals surface area contributed by atoms with E-state index in [2.05, 4.69) is 10.2 Å². The molecule has 0 aromatic rings. The number of rotatable bonds is 5. The lowest BCUT2D eigenvalue weighted by molar-refractivity contribution is -0.143. The first kappa shape index (κ1) is 11.9. The number of piperidine rings is 1. The Morgan fingerprint density at radius 3 is 2.50 bits per heavy atom. The monoisotopic (exact) mass is 226 g/mol. The predicted octanol–water partition coefficient (Wildman–Crippen LogP) is 0.923. The topological polar surface area (TPSA) is 52.6 Å². The molecule has 0 aromatic heterocycles. The van der Waals surface area contributed by atoms with Crippen LogP contribution in [0.25, 0.3) is 0 Å². The van der Waals surface area contributed by atoms with Crippen LogP contribution >= 0.6 is 0 Å². The third kappa shape index (κ3) is 3.19. The van der Waals surface area contributed by atoms with Gasteiger partial charge in [-0.3, -0.25) is 9.69 Å². The van der Waals surface area contributed by atoms with Gasteiger partial charge in [0.1, 0.15) is 6.04 Å². The van der Waals surface area contributed by atoms with Crippen LogP contribution in [0, 0.1) is 5.92 Å². The fourth-order valence-corrected chi connectivity index (χ4v) is 2.32. The lowest BCUT2D eigenvalue weighted by Crippen LogP contribution is -2.45. The van der Waals surface area contributed by atoms with Crippen molar-refractivity contribution in [3.8, 4) is 0 Å². The second-order valence-electron chi connectivity index (χ2n) is 5.18. The van der Waals surface area contributed by atoms with Crippen molar-refractivity contribution in [2.24, 2.45) is 5.92 Å². The molecular formula is C12H22N2O2. The molecule has 2 fully saturated rings. The summed E-state index contributed by atoms with van der Waals surface area (Å²) in [6, 6.07) is 0.466. The molecule has 0 radical (unpaired) electrons. The number of hydrogen-bond acceptors (Lipinski definition) is 3. The van der Waals surface area contributed by atoms with Gasteiger partial charge in [-0.15, -0.1) is 0 Å². The van der Waals surface area contributed by atoms with Crippen LogP contribution in [0.1, 0.15) is 32.6 Å². The molecule has 4 nitrogen and oxygen atoms in total. The average Bonchev–Trinajstić information content (AvgIpc) is 3.10. The molecule has 1 aliphatic heterocycles. The normalized spacial score (nSPS) is 25.6. The smallest absolute Gasteiger partial charge is 0.320 e. The van der Waals surface area contributed by atoms with E-state index < -0.39 is 5.97 Å². The van der Waals surface area contributed by atoms with E-state index in [1.807, 2.05) is 0 Å². The fraction of sp³-hybridized carbons (Fsp3) is 0.917. The van der Waals surface area contributed by atoms with E-state index in [9.17, 15) is 4.79 Å². The highest BCUT2D eigenvalue weighted by Gasteiger charge is 2.27. The maximum Gasteiger partial charge on any atom is 0.320 e. The van der Waals surface area contributed by atoms with Gasteiger partial charge in [-0.25, -0.2) is 0 Å². The van der Waals surface area contributed by atoms with Gasteiger partial charge >= 0.3 is 5.97 Å². The van der Waals surface area contributed by atoms with Crippen molar-refractivity contribution < 1.29 is 9.90 Å². The highest BCUT2D eigenvalue weighted by Crippen LogP contribution is 2.22. The molecular weight excluding hydrogens is 204 g/mol. The van der Waals surface area contributed by atoms with Crippen molar-refractivity contribution in [2.75, 3.05) is 19.6 Å². The van der Waals surface area contributed by atoms with E-state index in [-0.39, 0.29) is 6.04 Å². The molecule has 1 saturated heterocycles. The Labute approximate surface area is 97.0 Å². The zero-order chi connectivity index (χ0) is 11.5. The molecule has 2 rings (SSSR count). The molecule has 2 aliphatic rings. The Kier molecular flexibility index (Phi) is 3.82. The number of carbonyl (C=O) groups is 1. The molecule has 16 heavy (non-hydrogen) atoms. The second-order valence-corrected chi connectivity index (χ2v) is 5.18. The molecule has 0 aromatic carbocycles. The summed E-state index contributed by atoms with van der Waals surface area (Å²) in [6.45, 7) is 4.78. The molecule has 1 saturated carbocycles. The number of nitrogens with zero attached hydrogens (tertiary/aromatic N) is 1. The zero-order valence-electron chi connectivity index (χ0n) is 9.98. The van der Waals surface area contributed by atoms with Gasteiger partial charge < -0.3 is 10.4 Å². The van der Waals surface area contributed by atoms with E-state index in [4.69, 9.17) is 5.11 Å². The summed E-state index contributed by atoms with van der Waals surface area (Å²) in [5, 5.41) is 12.5. The molecule has 0 bridgehead atoms. The van der Waals surface area contributed by atoms with Crippen molar-refractivity contribution in [1.29, 1.82) is 0 Å². The highest BCUT2D eigenvalue weighted by molar-refractivity contribution is 5.72. The first-order valence-corrected chi connectivity index (χ1v) is 6.37. The van der Waals surface area contributed by atoms with Crippen LogP contribution in [0.15, 0.2) is 0 Å². The van der Waals surface area contributed by atoms with Crippen LogP contribution < -0.4 is 5.32 Å². The van der Waals surface area contributed by atoms with Gasteiger partial charge in [0.2, 0.25) is 0 Å². The van der Waals surface area contributed by atoms with Crippen molar-refractivity contribution >= 4 is 5.97 Å². The Balaban J connectivity index is 1.66. The van der Waals surface area contributed by atoms with Crippen LogP contribution in [0.3, 0.4) is 0 Å². The lowest BCUT2D eigenvalue weighted by atomic mass is 9.96. The number of aliphatic carboxylic acids is 1. The first-order chi connectivity index (χ1) is 7.66. The molecule has 1 atom stereocenters. The number of hydrogen-bond donors (Lipinski definition) is 2. The second kappa shape index (κ2) is 5.15. The third-order valence-electron chi connectivity index (χ3n) is 3.83. The summed E-state index contributed by atoms with van der Waals surface area (Å²) in [7, 11) is 0. The highest BCUT2D eigenvalue weighted by atomic mass is 16.4. The van der Waals surface area contributed by atoms with Crippen molar-refractivity contribution in [2.45, 2.75) is 44.7 Å². The maximum atomic E-state index is 10.8. The SMILES string of the molecule is CC(C(=O)O)N1CCC(CNC2CC2)CC1. The molecule has 1 heterocycles. The minimum absolute atomic E-state index is 0.322. The summed E-state index contributed by atoms with van der Waals surface area (Å²) in [5.74, 6) is 0.0485. The Hall–Kier alpha value is -0.610. The fourth-order valence-electron chi connectivity index (χ4n) is 2.32. The Morgan fingerprint density at radius 2 is 2.00 bits per heavy atom. The zero-order valence-corrected chi connectivity index (χ0v) is 9.98. The van der Waals surface area contributed by atoms with E-state index in [1.165, 1.54) is 12.8 Å². The van der Waals surface area contributed by atoms with Crippen molar-refractivity contribution in [3.05, 3.63) is 0 Å². The van der Waals surface area contributed by atoms with Crippen LogP contribution in [-0.4, -0.2) is 47.7 Å². The minimum Gasteiger partial charge on any atom is -0.480 e. The van der Waals surface area contributed by atoms with Gasteiger partial charge in [0.25, 0.3) is 0 Å². The van der Waals surface area contributed by atoms with E-state index in [1.54, 1.807) is 6.92 Å². The van der Waals surface area contributed by atoms with Crippen molar-refractivity contribution in [3.63, 3.8) is 0 Å². The number of nitrogens with one attached hydrogen (secondary N) is 1. The predicted molar refractivity (Wildman–Crippen MR) is 62.4 cm³/mol. The van der Waals surface area contributed by atoms with Crippen LogP contribution in [0.5, 0.6) is 0 Å². The third-order valence-corrected chi connectivity index (χ3v) is 3.83. The Morgan fingerprint density at radius 1 is 1.38 bits per heavy atom. The standard InChI is InChI=1S/C12H22N2O2/c1-9(12(15)16)14-6-4-10(5-7-14)8-13-11-2-3-11/h9-11,13H,2-8H2,1H3,(H,15,16). The van der Waals surface area contributed by atoms with Gasteiger partial charge in [0, 0.05) is 6.04 Å². The average molecular weight is 226 g/mol. The largest absolute Gasteiger partial charge is 0.480 e. The molecule has 92 valence electrons. The van der Waals surface area contributed by atoms with E-state index >= 15 is 0 Å². The lowest BCUT2D eigenvalue weighted by Gasteiger charge is -2.34. The van der Waals surface area contributed by atoms with Crippen LogP contribution in [0.4, 0.5) is 0 Å². The molecule has 1 unspecified atom stereocenters. The maximum absolute atomic E-state index is 10.8. The van der Waals surface area contributed by atoms with Gasteiger partial charge in [-0.2, -0.15) is 0 Å². The molecule has 0 amide bonds. The van der Waals surface area contributed by atoms with Crippen LogP contribution in [-0.2, 0) is 4.79 Å². The summed E-state index contributed by atoms with van der Waals surface area (Å²) in [6.07, 6.45) is 4.96. The summed E-state index contributed by atoms with van der Waals surface area (Å²) in [4.78, 5) is 12.9. The molecule has 0 spiro atoms. The quantitative estimate of drug-likeness (QED) is 0.732. The summed E-state index contributed by atoms with van der Waals surface area (Å²) >= 11 is 0. The van der Waals surface area contributed by atoms with Gasteiger partial charge in [0.15, 0.2) is 0 Å². The molecule has 2 N–H and O–H groups in total. The van der Waals surface area contributed by atoms with E-state index in [0.717, 1.165) is 44.4 Å². The van der Waals surface area contributed by atoms with Crippen molar-refractivity contribution in [1.82, 2.24) is 10.2 Å². The van der Waals surface area contributed by atoms with Gasteiger partial charge in [0.05, 0.1) is 0 Å². The van der Waals surface area contributed by atoms with Gasteiger partial charge in [-0.05, 0) is 58.2 Å². The van der Waals surface area contributed by atoms with E-state index in [0.29, 0.717) is 0 Å². The molecule has 1 aliphatic carbocycles. The number of carboxylic acids is 1. The number of likely N-dealkylation sites (tertiary alicyclic amines) is 1. The summed E-state index contributed by atoms with van der Waals surface area (Å²) in [5.41, 5.74) is 0. The van der Waals surface area contributed by atoms with Gasteiger partial charge in [-0.1, -0.05) is 0 Å². The minimum atomic E-state index is -0.699. The molecule has 4 heteroatoms. The summed E-state index contributed by atoms with van der Waals surface area (Å²) < 4.78 is 0.